The van der Waals surface area contributed by atoms with E-state index in [1.807, 2.05) is 19.9 Å². The van der Waals surface area contributed by atoms with Crippen LogP contribution in [-0.2, 0) is 0 Å². The predicted octanol–water partition coefficient (Wildman–Crippen LogP) is 3.07. The standard InChI is InChI=1S/C15H25N3O/c1-5-12(4)18-15(19)14-7-6-13(10-17-14)16-9-8-11(2)3/h6-7,10-12,16H,5,8-9H2,1-4H3,(H,18,19). The van der Waals surface area contributed by atoms with Crippen LogP contribution in [0.2, 0.25) is 0 Å². The quantitative estimate of drug-likeness (QED) is 0.795. The molecule has 0 aromatic carbocycles. The van der Waals surface area contributed by atoms with Crippen LogP contribution >= 0.6 is 0 Å². The highest BCUT2D eigenvalue weighted by Gasteiger charge is 2.09. The van der Waals surface area contributed by atoms with Crippen LogP contribution in [-0.4, -0.2) is 23.5 Å². The molecule has 0 radical (unpaired) electrons. The van der Waals surface area contributed by atoms with Crippen molar-refractivity contribution in [2.24, 2.45) is 5.92 Å². The molecule has 0 aliphatic rings. The predicted molar refractivity (Wildman–Crippen MR) is 79.4 cm³/mol. The Bertz CT molecular complexity index is 387. The number of rotatable bonds is 7. The SMILES string of the molecule is CCC(C)NC(=O)c1ccc(NCCC(C)C)cn1. The lowest BCUT2D eigenvalue weighted by Gasteiger charge is -2.11. The molecule has 0 saturated heterocycles. The third-order valence-electron chi connectivity index (χ3n) is 3.04. The Labute approximate surface area is 116 Å². The molecule has 0 spiro atoms. The Morgan fingerprint density at radius 3 is 2.58 bits per heavy atom. The summed E-state index contributed by atoms with van der Waals surface area (Å²) >= 11 is 0. The van der Waals surface area contributed by atoms with E-state index in [-0.39, 0.29) is 11.9 Å². The molecule has 1 aromatic rings. The zero-order chi connectivity index (χ0) is 14.3. The molecule has 1 atom stereocenters. The summed E-state index contributed by atoms with van der Waals surface area (Å²) in [4.78, 5) is 16.0. The van der Waals surface area contributed by atoms with Crippen molar-refractivity contribution < 1.29 is 4.79 Å². The van der Waals surface area contributed by atoms with Crippen LogP contribution in [0.3, 0.4) is 0 Å². The van der Waals surface area contributed by atoms with E-state index in [9.17, 15) is 4.79 Å². The summed E-state index contributed by atoms with van der Waals surface area (Å²) in [7, 11) is 0. The van der Waals surface area contributed by atoms with Gasteiger partial charge in [-0.1, -0.05) is 20.8 Å². The maximum Gasteiger partial charge on any atom is 0.270 e. The molecule has 19 heavy (non-hydrogen) atoms. The molecule has 0 bridgehead atoms. The molecule has 1 aromatic heterocycles. The fraction of sp³-hybridized carbons (Fsp3) is 0.600. The summed E-state index contributed by atoms with van der Waals surface area (Å²) in [5.41, 5.74) is 1.43. The highest BCUT2D eigenvalue weighted by molar-refractivity contribution is 5.92. The van der Waals surface area contributed by atoms with Gasteiger partial charge >= 0.3 is 0 Å². The summed E-state index contributed by atoms with van der Waals surface area (Å²) < 4.78 is 0. The highest BCUT2D eigenvalue weighted by Crippen LogP contribution is 2.08. The number of hydrogen-bond acceptors (Lipinski definition) is 3. The van der Waals surface area contributed by atoms with Crippen LogP contribution < -0.4 is 10.6 Å². The van der Waals surface area contributed by atoms with Crippen molar-refractivity contribution in [2.75, 3.05) is 11.9 Å². The monoisotopic (exact) mass is 263 g/mol. The first kappa shape index (κ1) is 15.5. The van der Waals surface area contributed by atoms with Crippen molar-refractivity contribution in [1.29, 1.82) is 0 Å². The van der Waals surface area contributed by atoms with E-state index in [1.165, 1.54) is 0 Å². The van der Waals surface area contributed by atoms with Gasteiger partial charge in [-0.15, -0.1) is 0 Å². The fourth-order valence-electron chi connectivity index (χ4n) is 1.54. The summed E-state index contributed by atoms with van der Waals surface area (Å²) in [5, 5.41) is 6.20. The average molecular weight is 263 g/mol. The molecule has 1 rings (SSSR count). The molecule has 4 nitrogen and oxygen atoms in total. The smallest absolute Gasteiger partial charge is 0.270 e. The van der Waals surface area contributed by atoms with E-state index in [2.05, 4.69) is 29.5 Å². The molecule has 0 aliphatic carbocycles. The van der Waals surface area contributed by atoms with Gasteiger partial charge in [0.05, 0.1) is 11.9 Å². The molecule has 0 saturated carbocycles. The van der Waals surface area contributed by atoms with Crippen LogP contribution in [0.5, 0.6) is 0 Å². The van der Waals surface area contributed by atoms with Crippen molar-refractivity contribution in [3.63, 3.8) is 0 Å². The number of carbonyl (C=O) groups excluding carboxylic acids is 1. The first-order valence-corrected chi connectivity index (χ1v) is 7.03. The Kier molecular flexibility index (Phi) is 6.33. The Morgan fingerprint density at radius 1 is 1.32 bits per heavy atom. The first-order valence-electron chi connectivity index (χ1n) is 7.03. The second-order valence-electron chi connectivity index (χ2n) is 5.32. The van der Waals surface area contributed by atoms with Gasteiger partial charge in [-0.25, -0.2) is 4.98 Å². The van der Waals surface area contributed by atoms with E-state index in [0.29, 0.717) is 11.6 Å². The second kappa shape index (κ2) is 7.77. The van der Waals surface area contributed by atoms with Gasteiger partial charge in [0, 0.05) is 12.6 Å². The average Bonchev–Trinajstić information content (AvgIpc) is 2.38. The molecule has 2 N–H and O–H groups in total. The third kappa shape index (κ3) is 5.73. The van der Waals surface area contributed by atoms with Crippen LogP contribution in [0.1, 0.15) is 51.0 Å². The van der Waals surface area contributed by atoms with Crippen molar-refractivity contribution in [1.82, 2.24) is 10.3 Å². The van der Waals surface area contributed by atoms with Crippen LogP contribution in [0.25, 0.3) is 0 Å². The molecule has 0 fully saturated rings. The summed E-state index contributed by atoms with van der Waals surface area (Å²) in [6, 6.07) is 3.84. The molecule has 1 unspecified atom stereocenters. The second-order valence-corrected chi connectivity index (χ2v) is 5.32. The Balaban J connectivity index is 2.49. The normalized spacial score (nSPS) is 12.3. The lowest BCUT2D eigenvalue weighted by molar-refractivity contribution is 0.0934. The maximum absolute atomic E-state index is 11.8. The lowest BCUT2D eigenvalue weighted by Crippen LogP contribution is -2.32. The van der Waals surface area contributed by atoms with Gasteiger partial charge in [-0.2, -0.15) is 0 Å². The Morgan fingerprint density at radius 2 is 2.05 bits per heavy atom. The van der Waals surface area contributed by atoms with Crippen molar-refractivity contribution >= 4 is 11.6 Å². The van der Waals surface area contributed by atoms with Crippen LogP contribution in [0.15, 0.2) is 18.3 Å². The van der Waals surface area contributed by atoms with Gasteiger partial charge in [0.1, 0.15) is 5.69 Å². The number of aromatic nitrogens is 1. The zero-order valence-corrected chi connectivity index (χ0v) is 12.4. The van der Waals surface area contributed by atoms with Gasteiger partial charge < -0.3 is 10.6 Å². The number of carbonyl (C=O) groups is 1. The minimum Gasteiger partial charge on any atom is -0.384 e. The minimum atomic E-state index is -0.108. The summed E-state index contributed by atoms with van der Waals surface area (Å²) in [6.45, 7) is 9.35. The van der Waals surface area contributed by atoms with Gasteiger partial charge in [0.2, 0.25) is 0 Å². The third-order valence-corrected chi connectivity index (χ3v) is 3.04. The first-order chi connectivity index (χ1) is 9.02. The molecule has 1 amide bonds. The largest absolute Gasteiger partial charge is 0.384 e. The van der Waals surface area contributed by atoms with Crippen molar-refractivity contribution in [3.8, 4) is 0 Å². The van der Waals surface area contributed by atoms with Crippen LogP contribution in [0.4, 0.5) is 5.69 Å². The van der Waals surface area contributed by atoms with E-state index < -0.39 is 0 Å². The van der Waals surface area contributed by atoms with E-state index in [4.69, 9.17) is 0 Å². The van der Waals surface area contributed by atoms with E-state index in [0.717, 1.165) is 25.1 Å². The van der Waals surface area contributed by atoms with Gasteiger partial charge in [0.25, 0.3) is 5.91 Å². The van der Waals surface area contributed by atoms with Crippen molar-refractivity contribution in [3.05, 3.63) is 24.0 Å². The Hall–Kier alpha value is -1.58. The molecular weight excluding hydrogens is 238 g/mol. The number of hydrogen-bond donors (Lipinski definition) is 2. The number of nitrogens with one attached hydrogen (secondary N) is 2. The molecule has 4 heteroatoms. The fourth-order valence-corrected chi connectivity index (χ4v) is 1.54. The minimum absolute atomic E-state index is 0.108. The summed E-state index contributed by atoms with van der Waals surface area (Å²) in [5.74, 6) is 0.573. The van der Waals surface area contributed by atoms with Crippen molar-refractivity contribution in [2.45, 2.75) is 46.6 Å². The molecule has 106 valence electrons. The lowest BCUT2D eigenvalue weighted by atomic mass is 10.1. The summed E-state index contributed by atoms with van der Waals surface area (Å²) in [6.07, 6.45) is 3.75. The molecule has 1 heterocycles. The number of nitrogens with zero attached hydrogens (tertiary/aromatic N) is 1. The zero-order valence-electron chi connectivity index (χ0n) is 12.4. The number of pyridine rings is 1. The van der Waals surface area contributed by atoms with Gasteiger partial charge in [0.15, 0.2) is 0 Å². The number of anilines is 1. The van der Waals surface area contributed by atoms with Crippen LogP contribution in [0, 0.1) is 5.92 Å². The van der Waals surface area contributed by atoms with Gasteiger partial charge in [-0.3, -0.25) is 4.79 Å². The maximum atomic E-state index is 11.8. The highest BCUT2D eigenvalue weighted by atomic mass is 16.1. The molecular formula is C15H25N3O. The molecule has 0 aliphatic heterocycles. The topological polar surface area (TPSA) is 54.0 Å². The van der Waals surface area contributed by atoms with Gasteiger partial charge in [-0.05, 0) is 37.8 Å². The number of amides is 1. The van der Waals surface area contributed by atoms with E-state index in [1.54, 1.807) is 12.3 Å². The van der Waals surface area contributed by atoms with E-state index >= 15 is 0 Å².